The topological polar surface area (TPSA) is 57.2 Å². The molecule has 1 saturated heterocycles. The Balaban J connectivity index is 1.79. The number of methoxy groups -OCH3 is 1. The normalized spacial score (nSPS) is 25.8. The molecule has 6 heteroatoms. The first-order valence-electron chi connectivity index (χ1n) is 10.7. The zero-order valence-electron chi connectivity index (χ0n) is 19.2. The molecule has 1 aliphatic rings. The van der Waals surface area contributed by atoms with Crippen LogP contribution >= 0.6 is 0 Å². The molecule has 1 aliphatic heterocycles. The third-order valence-corrected chi connectivity index (χ3v) is 11.0. The average molecular weight is 425 g/mol. The number of aliphatic hydroxyl groups excluding tert-OH is 1. The van der Waals surface area contributed by atoms with Gasteiger partial charge in [0.2, 0.25) is 0 Å². The Morgan fingerprint density at radius 1 is 1.17 bits per heavy atom. The van der Waals surface area contributed by atoms with E-state index in [1.807, 2.05) is 24.3 Å². The maximum atomic E-state index is 10.5. The SMILES string of the molecule is COc1ccc(COCC[C@@H]2O[C@H](CO[Si](C)(C)C(C)(C)C)C[C@H](O)[C@H]2C)cc1. The molecule has 0 spiro atoms. The monoisotopic (exact) mass is 424 g/mol. The van der Waals surface area contributed by atoms with Crippen LogP contribution in [0.5, 0.6) is 5.75 Å². The summed E-state index contributed by atoms with van der Waals surface area (Å²) in [4.78, 5) is 0. The summed E-state index contributed by atoms with van der Waals surface area (Å²) < 4.78 is 23.7. The largest absolute Gasteiger partial charge is 0.497 e. The van der Waals surface area contributed by atoms with Gasteiger partial charge in [-0.25, -0.2) is 0 Å². The van der Waals surface area contributed by atoms with Crippen LogP contribution < -0.4 is 4.74 Å². The van der Waals surface area contributed by atoms with Crippen molar-refractivity contribution in [3.63, 3.8) is 0 Å². The smallest absolute Gasteiger partial charge is 0.192 e. The summed E-state index contributed by atoms with van der Waals surface area (Å²) in [7, 11) is -0.158. The van der Waals surface area contributed by atoms with Crippen LogP contribution in [0.2, 0.25) is 18.1 Å². The van der Waals surface area contributed by atoms with Crippen molar-refractivity contribution >= 4 is 8.32 Å². The summed E-state index contributed by atoms with van der Waals surface area (Å²) in [5.74, 6) is 0.946. The Kier molecular flexibility index (Phi) is 8.73. The highest BCUT2D eigenvalue weighted by Gasteiger charge is 2.40. The second kappa shape index (κ2) is 10.4. The van der Waals surface area contributed by atoms with Crippen molar-refractivity contribution < 1.29 is 23.7 Å². The number of aliphatic hydroxyl groups is 1. The van der Waals surface area contributed by atoms with E-state index in [0.717, 1.165) is 17.7 Å². The van der Waals surface area contributed by atoms with Crippen LogP contribution in [0, 0.1) is 5.92 Å². The Morgan fingerprint density at radius 2 is 1.83 bits per heavy atom. The van der Waals surface area contributed by atoms with Crippen molar-refractivity contribution in [1.29, 1.82) is 0 Å². The minimum Gasteiger partial charge on any atom is -0.497 e. The maximum Gasteiger partial charge on any atom is 0.192 e. The highest BCUT2D eigenvalue weighted by Crippen LogP contribution is 2.37. The number of hydrogen-bond acceptors (Lipinski definition) is 5. The van der Waals surface area contributed by atoms with Crippen LogP contribution in [-0.2, 0) is 20.5 Å². The van der Waals surface area contributed by atoms with Gasteiger partial charge in [0.05, 0.1) is 38.6 Å². The number of ether oxygens (including phenoxy) is 3. The summed E-state index contributed by atoms with van der Waals surface area (Å²) in [6.45, 7) is 15.0. The highest BCUT2D eigenvalue weighted by atomic mass is 28.4. The quantitative estimate of drug-likeness (QED) is 0.457. The number of hydrogen-bond donors (Lipinski definition) is 1. The van der Waals surface area contributed by atoms with Gasteiger partial charge in [-0.2, -0.15) is 0 Å². The van der Waals surface area contributed by atoms with Gasteiger partial charge < -0.3 is 23.7 Å². The minimum atomic E-state index is -1.82. The Morgan fingerprint density at radius 3 is 2.41 bits per heavy atom. The van der Waals surface area contributed by atoms with Crippen molar-refractivity contribution in [2.45, 2.75) is 83.6 Å². The van der Waals surface area contributed by atoms with Crippen molar-refractivity contribution in [2.75, 3.05) is 20.3 Å². The van der Waals surface area contributed by atoms with Gasteiger partial charge in [-0.15, -0.1) is 0 Å². The van der Waals surface area contributed by atoms with Crippen LogP contribution in [0.4, 0.5) is 0 Å². The predicted octanol–water partition coefficient (Wildman–Crippen LogP) is 4.78. The third-order valence-electron chi connectivity index (χ3n) is 6.48. The lowest BCUT2D eigenvalue weighted by Gasteiger charge is -2.41. The number of benzene rings is 1. The third kappa shape index (κ3) is 7.07. The molecule has 0 bridgehead atoms. The van der Waals surface area contributed by atoms with E-state index >= 15 is 0 Å². The van der Waals surface area contributed by atoms with Crippen LogP contribution in [0.15, 0.2) is 24.3 Å². The van der Waals surface area contributed by atoms with Gasteiger partial charge >= 0.3 is 0 Å². The van der Waals surface area contributed by atoms with E-state index in [0.29, 0.717) is 26.2 Å². The molecule has 1 aromatic carbocycles. The minimum absolute atomic E-state index is 0.0115. The molecule has 1 heterocycles. The van der Waals surface area contributed by atoms with Gasteiger partial charge in [0.15, 0.2) is 8.32 Å². The fourth-order valence-electron chi connectivity index (χ4n) is 3.23. The first-order valence-corrected chi connectivity index (χ1v) is 13.6. The lowest BCUT2D eigenvalue weighted by molar-refractivity contribution is -0.148. The molecule has 2 rings (SSSR count). The molecule has 0 amide bonds. The molecule has 0 aromatic heterocycles. The molecule has 5 nitrogen and oxygen atoms in total. The molecule has 1 aromatic rings. The average Bonchev–Trinajstić information content (AvgIpc) is 2.66. The van der Waals surface area contributed by atoms with Crippen molar-refractivity contribution in [2.24, 2.45) is 5.92 Å². The van der Waals surface area contributed by atoms with E-state index in [1.54, 1.807) is 7.11 Å². The molecule has 0 radical (unpaired) electrons. The fourth-order valence-corrected chi connectivity index (χ4v) is 4.26. The van der Waals surface area contributed by atoms with Gasteiger partial charge in [0.25, 0.3) is 0 Å². The lowest BCUT2D eigenvalue weighted by Crippen LogP contribution is -2.48. The molecular formula is C23H40O5Si. The van der Waals surface area contributed by atoms with Crippen molar-refractivity contribution in [3.8, 4) is 5.75 Å². The van der Waals surface area contributed by atoms with E-state index in [-0.39, 0.29) is 29.3 Å². The van der Waals surface area contributed by atoms with E-state index in [4.69, 9.17) is 18.6 Å². The predicted molar refractivity (Wildman–Crippen MR) is 119 cm³/mol. The zero-order chi connectivity index (χ0) is 21.7. The van der Waals surface area contributed by atoms with E-state index in [9.17, 15) is 5.11 Å². The van der Waals surface area contributed by atoms with Gasteiger partial charge in [0.1, 0.15) is 5.75 Å². The van der Waals surface area contributed by atoms with Crippen LogP contribution in [0.1, 0.15) is 46.1 Å². The van der Waals surface area contributed by atoms with Gasteiger partial charge in [0, 0.05) is 18.9 Å². The molecule has 1 fully saturated rings. The van der Waals surface area contributed by atoms with E-state index in [2.05, 4.69) is 40.8 Å². The highest BCUT2D eigenvalue weighted by molar-refractivity contribution is 6.74. The standard InChI is InChI=1S/C23H40O5Si/c1-17-21(24)14-20(16-27-29(6,7)23(2,3)4)28-22(17)12-13-26-15-18-8-10-19(25-5)11-9-18/h8-11,17,20-22,24H,12-16H2,1-7H3/t17-,20+,21+,22+/m1/s1. The molecule has 1 N–H and O–H groups in total. The van der Waals surface area contributed by atoms with Crippen LogP contribution in [0.3, 0.4) is 0 Å². The van der Waals surface area contributed by atoms with Crippen molar-refractivity contribution in [3.05, 3.63) is 29.8 Å². The summed E-state index contributed by atoms with van der Waals surface area (Å²) in [6, 6.07) is 7.90. The second-order valence-electron chi connectivity index (χ2n) is 9.72. The first kappa shape index (κ1) is 24.3. The van der Waals surface area contributed by atoms with E-state index in [1.165, 1.54) is 0 Å². The molecule has 166 valence electrons. The summed E-state index contributed by atoms with van der Waals surface area (Å²) in [5.41, 5.74) is 1.11. The van der Waals surface area contributed by atoms with Crippen LogP contribution in [0.25, 0.3) is 0 Å². The van der Waals surface area contributed by atoms with E-state index < -0.39 is 8.32 Å². The number of rotatable bonds is 9. The van der Waals surface area contributed by atoms with Crippen molar-refractivity contribution in [1.82, 2.24) is 0 Å². The Bertz CT molecular complexity index is 611. The molecule has 0 saturated carbocycles. The van der Waals surface area contributed by atoms with Crippen LogP contribution in [-0.4, -0.2) is 52.1 Å². The lowest BCUT2D eigenvalue weighted by atomic mass is 9.89. The Labute approximate surface area is 177 Å². The summed E-state index contributed by atoms with van der Waals surface area (Å²) in [6.07, 6.45) is 0.983. The second-order valence-corrected chi connectivity index (χ2v) is 14.5. The van der Waals surface area contributed by atoms with Gasteiger partial charge in [-0.05, 0) is 42.2 Å². The fraction of sp³-hybridized carbons (Fsp3) is 0.739. The maximum absolute atomic E-state index is 10.5. The molecular weight excluding hydrogens is 384 g/mol. The Hall–Kier alpha value is -0.923. The molecule has 0 aliphatic carbocycles. The summed E-state index contributed by atoms with van der Waals surface area (Å²) >= 11 is 0. The molecule has 4 atom stereocenters. The van der Waals surface area contributed by atoms with Gasteiger partial charge in [-0.1, -0.05) is 39.8 Å². The summed E-state index contributed by atoms with van der Waals surface area (Å²) in [5, 5.41) is 10.7. The first-order chi connectivity index (χ1) is 13.5. The molecule has 29 heavy (non-hydrogen) atoms. The van der Waals surface area contributed by atoms with Gasteiger partial charge in [-0.3, -0.25) is 0 Å². The molecule has 0 unspecified atom stereocenters. The zero-order valence-corrected chi connectivity index (χ0v) is 20.2.